The first-order chi connectivity index (χ1) is 10.4. The van der Waals surface area contributed by atoms with Gasteiger partial charge in [-0.15, -0.1) is 12.4 Å². The second kappa shape index (κ2) is 11.0. The van der Waals surface area contributed by atoms with Gasteiger partial charge >= 0.3 is 0 Å². The van der Waals surface area contributed by atoms with E-state index in [-0.39, 0.29) is 37.3 Å². The van der Waals surface area contributed by atoms with E-state index in [1.807, 2.05) is 32.9 Å². The number of benzene rings is 1. The molecule has 3 N–H and O–H groups in total. The molecule has 0 atom stereocenters. The fraction of sp³-hybridized carbons (Fsp3) is 0.500. The maximum absolute atomic E-state index is 11.9. The molecule has 0 aliphatic carbocycles. The number of halogens is 1. The molecule has 0 aromatic heterocycles. The van der Waals surface area contributed by atoms with Crippen LogP contribution < -0.4 is 16.0 Å². The largest absolute Gasteiger partial charge is 0.383 e. The second-order valence-corrected chi connectivity index (χ2v) is 5.27. The van der Waals surface area contributed by atoms with E-state index in [0.717, 1.165) is 22.4 Å². The molecule has 1 rings (SSSR count). The highest BCUT2D eigenvalue weighted by Gasteiger charge is 2.09. The number of nitrogens with one attached hydrogen (secondary N) is 3. The summed E-state index contributed by atoms with van der Waals surface area (Å²) in [6, 6.07) is 4.03. The van der Waals surface area contributed by atoms with Crippen molar-refractivity contribution in [2.24, 2.45) is 0 Å². The molecule has 0 unspecified atom stereocenters. The number of aryl methyl sites for hydroxylation is 3. The first-order valence-electron chi connectivity index (χ1n) is 7.28. The monoisotopic (exact) mass is 343 g/mol. The molecule has 0 aliphatic heterocycles. The van der Waals surface area contributed by atoms with Gasteiger partial charge in [0, 0.05) is 19.3 Å². The molecule has 7 heteroatoms. The maximum Gasteiger partial charge on any atom is 0.243 e. The third-order valence-corrected chi connectivity index (χ3v) is 3.16. The molecule has 1 aromatic carbocycles. The number of amides is 2. The van der Waals surface area contributed by atoms with Crippen molar-refractivity contribution in [3.05, 3.63) is 28.8 Å². The van der Waals surface area contributed by atoms with Crippen LogP contribution in [0.2, 0.25) is 0 Å². The van der Waals surface area contributed by atoms with Crippen LogP contribution in [0.4, 0.5) is 5.69 Å². The van der Waals surface area contributed by atoms with Gasteiger partial charge in [-0.3, -0.25) is 9.59 Å². The Morgan fingerprint density at radius 3 is 2.22 bits per heavy atom. The van der Waals surface area contributed by atoms with Gasteiger partial charge in [-0.2, -0.15) is 0 Å². The molecule has 1 aromatic rings. The van der Waals surface area contributed by atoms with Crippen LogP contribution in [0.5, 0.6) is 0 Å². The highest BCUT2D eigenvalue weighted by Crippen LogP contribution is 2.21. The number of carbonyl (C=O) groups is 2. The lowest BCUT2D eigenvalue weighted by Crippen LogP contribution is -2.39. The van der Waals surface area contributed by atoms with Gasteiger partial charge in [-0.05, 0) is 31.9 Å². The van der Waals surface area contributed by atoms with Gasteiger partial charge in [0.1, 0.15) is 0 Å². The molecular weight excluding hydrogens is 318 g/mol. The summed E-state index contributed by atoms with van der Waals surface area (Å²) in [5, 5.41) is 8.33. The van der Waals surface area contributed by atoms with Crippen LogP contribution in [0.1, 0.15) is 16.7 Å². The SMILES string of the molecule is COCCNCC(=O)NCC(=O)Nc1c(C)cc(C)cc1C.Cl. The van der Waals surface area contributed by atoms with Crippen molar-refractivity contribution in [3.63, 3.8) is 0 Å². The smallest absolute Gasteiger partial charge is 0.243 e. The third kappa shape index (κ3) is 7.97. The molecule has 23 heavy (non-hydrogen) atoms. The van der Waals surface area contributed by atoms with Gasteiger partial charge in [0.05, 0.1) is 19.7 Å². The van der Waals surface area contributed by atoms with Gasteiger partial charge in [-0.25, -0.2) is 0 Å². The summed E-state index contributed by atoms with van der Waals surface area (Å²) in [7, 11) is 1.60. The summed E-state index contributed by atoms with van der Waals surface area (Å²) in [4.78, 5) is 23.5. The molecular formula is C16H26ClN3O3. The Balaban J connectivity index is 0.00000484. The predicted octanol–water partition coefficient (Wildman–Crippen LogP) is 1.32. The molecule has 0 heterocycles. The van der Waals surface area contributed by atoms with Crippen molar-refractivity contribution >= 4 is 29.9 Å². The number of carbonyl (C=O) groups excluding carboxylic acids is 2. The van der Waals surface area contributed by atoms with E-state index in [9.17, 15) is 9.59 Å². The van der Waals surface area contributed by atoms with E-state index in [2.05, 4.69) is 16.0 Å². The summed E-state index contributed by atoms with van der Waals surface area (Å²) < 4.78 is 4.86. The summed E-state index contributed by atoms with van der Waals surface area (Å²) in [6.07, 6.45) is 0. The van der Waals surface area contributed by atoms with Crippen LogP contribution in [0.15, 0.2) is 12.1 Å². The molecule has 0 saturated carbocycles. The standard InChI is InChI=1S/C16H25N3O3.ClH/c1-11-7-12(2)16(13(3)8-11)19-15(21)10-18-14(20)9-17-5-6-22-4;/h7-8,17H,5-6,9-10H2,1-4H3,(H,18,20)(H,19,21);1H. The minimum atomic E-state index is -0.236. The summed E-state index contributed by atoms with van der Waals surface area (Å²) in [5.74, 6) is -0.455. The van der Waals surface area contributed by atoms with Crippen molar-refractivity contribution in [1.82, 2.24) is 10.6 Å². The van der Waals surface area contributed by atoms with Gasteiger partial charge in [0.15, 0.2) is 0 Å². The highest BCUT2D eigenvalue weighted by molar-refractivity contribution is 5.96. The molecule has 0 fully saturated rings. The van der Waals surface area contributed by atoms with Gasteiger partial charge < -0.3 is 20.7 Å². The quantitative estimate of drug-likeness (QED) is 0.622. The summed E-state index contributed by atoms with van der Waals surface area (Å²) in [6.45, 7) is 7.18. The van der Waals surface area contributed by atoms with E-state index in [0.29, 0.717) is 13.2 Å². The van der Waals surface area contributed by atoms with Gasteiger partial charge in [0.25, 0.3) is 0 Å². The highest BCUT2D eigenvalue weighted by atomic mass is 35.5. The van der Waals surface area contributed by atoms with Crippen molar-refractivity contribution in [3.8, 4) is 0 Å². The number of hydrogen-bond acceptors (Lipinski definition) is 4. The zero-order valence-electron chi connectivity index (χ0n) is 14.1. The first kappa shape index (κ1) is 21.4. The van der Waals surface area contributed by atoms with Crippen LogP contribution in [0.3, 0.4) is 0 Å². The van der Waals surface area contributed by atoms with Crippen molar-refractivity contribution in [2.75, 3.05) is 38.7 Å². The zero-order chi connectivity index (χ0) is 16.5. The molecule has 130 valence electrons. The molecule has 2 amide bonds. The Bertz CT molecular complexity index is 512. The van der Waals surface area contributed by atoms with Crippen molar-refractivity contribution in [2.45, 2.75) is 20.8 Å². The number of ether oxygens (including phenoxy) is 1. The lowest BCUT2D eigenvalue weighted by molar-refractivity contribution is -0.123. The minimum Gasteiger partial charge on any atom is -0.383 e. The van der Waals surface area contributed by atoms with Crippen LogP contribution in [0, 0.1) is 20.8 Å². The molecule has 0 radical (unpaired) electrons. The van der Waals surface area contributed by atoms with E-state index in [4.69, 9.17) is 4.74 Å². The van der Waals surface area contributed by atoms with Crippen molar-refractivity contribution < 1.29 is 14.3 Å². The molecule has 0 saturated heterocycles. The fourth-order valence-electron chi connectivity index (χ4n) is 2.18. The normalized spacial score (nSPS) is 9.91. The Kier molecular flexibility index (Phi) is 10.2. The number of anilines is 1. The van der Waals surface area contributed by atoms with Gasteiger partial charge in [0.2, 0.25) is 11.8 Å². The number of hydrogen-bond donors (Lipinski definition) is 3. The van der Waals surface area contributed by atoms with Crippen LogP contribution in [-0.4, -0.2) is 45.2 Å². The Hall–Kier alpha value is -1.63. The Morgan fingerprint density at radius 1 is 1.04 bits per heavy atom. The first-order valence-corrected chi connectivity index (χ1v) is 7.28. The lowest BCUT2D eigenvalue weighted by Gasteiger charge is -2.13. The number of rotatable bonds is 8. The summed E-state index contributed by atoms with van der Waals surface area (Å²) in [5.41, 5.74) is 3.99. The topological polar surface area (TPSA) is 79.5 Å². The maximum atomic E-state index is 11.9. The molecule has 0 aliphatic rings. The predicted molar refractivity (Wildman–Crippen MR) is 94.3 cm³/mol. The zero-order valence-corrected chi connectivity index (χ0v) is 14.9. The lowest BCUT2D eigenvalue weighted by atomic mass is 10.1. The Morgan fingerprint density at radius 2 is 1.65 bits per heavy atom. The second-order valence-electron chi connectivity index (χ2n) is 5.27. The molecule has 6 nitrogen and oxygen atoms in total. The average molecular weight is 344 g/mol. The third-order valence-electron chi connectivity index (χ3n) is 3.16. The van der Waals surface area contributed by atoms with Gasteiger partial charge in [-0.1, -0.05) is 17.7 Å². The molecule has 0 bridgehead atoms. The van der Waals surface area contributed by atoms with Crippen LogP contribution >= 0.6 is 12.4 Å². The van der Waals surface area contributed by atoms with E-state index < -0.39 is 0 Å². The minimum absolute atomic E-state index is 0. The molecule has 0 spiro atoms. The Labute approximate surface area is 143 Å². The van der Waals surface area contributed by atoms with Crippen molar-refractivity contribution in [1.29, 1.82) is 0 Å². The number of methoxy groups -OCH3 is 1. The van der Waals surface area contributed by atoms with Crippen LogP contribution in [0.25, 0.3) is 0 Å². The average Bonchev–Trinajstić information content (AvgIpc) is 2.45. The van der Waals surface area contributed by atoms with Crippen LogP contribution in [-0.2, 0) is 14.3 Å². The summed E-state index contributed by atoms with van der Waals surface area (Å²) >= 11 is 0. The van der Waals surface area contributed by atoms with E-state index >= 15 is 0 Å². The fourth-order valence-corrected chi connectivity index (χ4v) is 2.18. The van der Waals surface area contributed by atoms with E-state index in [1.165, 1.54) is 0 Å². The van der Waals surface area contributed by atoms with E-state index in [1.54, 1.807) is 7.11 Å².